The molecule has 3 rings (SSSR count). The Morgan fingerprint density at radius 2 is 1.88 bits per heavy atom. The number of ether oxygens (including phenoxy) is 1. The van der Waals surface area contributed by atoms with Gasteiger partial charge in [-0.05, 0) is 31.2 Å². The van der Waals surface area contributed by atoms with E-state index >= 15 is 0 Å². The van der Waals surface area contributed by atoms with Crippen molar-refractivity contribution in [3.05, 3.63) is 29.3 Å². The fourth-order valence-corrected chi connectivity index (χ4v) is 3.31. The number of esters is 1. The Hall–Kier alpha value is -2.74. The van der Waals surface area contributed by atoms with Gasteiger partial charge < -0.3 is 4.74 Å². The number of carbonyl (C=O) groups is 4. The first-order valence-electron chi connectivity index (χ1n) is 7.98. The number of hydrogen-bond acceptors (Lipinski definition) is 6. The molecular formula is C17H16ClN3O5. The second-order valence-corrected chi connectivity index (χ2v) is 6.43. The van der Waals surface area contributed by atoms with Crippen LogP contribution in [-0.4, -0.2) is 46.6 Å². The van der Waals surface area contributed by atoms with Gasteiger partial charge in [-0.1, -0.05) is 11.6 Å². The van der Waals surface area contributed by atoms with Gasteiger partial charge in [-0.15, -0.1) is 0 Å². The lowest BCUT2D eigenvalue weighted by atomic mass is 9.91. The van der Waals surface area contributed by atoms with Crippen LogP contribution in [-0.2, 0) is 23.9 Å². The van der Waals surface area contributed by atoms with E-state index in [1.807, 2.05) is 0 Å². The van der Waals surface area contributed by atoms with Crippen LogP contribution >= 0.6 is 11.6 Å². The van der Waals surface area contributed by atoms with E-state index < -0.39 is 29.2 Å². The Morgan fingerprint density at radius 3 is 2.46 bits per heavy atom. The second-order valence-electron chi connectivity index (χ2n) is 5.99. The lowest BCUT2D eigenvalue weighted by Gasteiger charge is -2.28. The summed E-state index contributed by atoms with van der Waals surface area (Å²) in [7, 11) is 0. The molecule has 3 amide bonds. The molecule has 9 heteroatoms. The highest BCUT2D eigenvalue weighted by atomic mass is 35.5. The van der Waals surface area contributed by atoms with E-state index in [-0.39, 0.29) is 25.2 Å². The van der Waals surface area contributed by atoms with Gasteiger partial charge in [-0.25, -0.2) is 14.7 Å². The molecule has 0 aliphatic carbocycles. The summed E-state index contributed by atoms with van der Waals surface area (Å²) in [5.74, 6) is -2.34. The summed E-state index contributed by atoms with van der Waals surface area (Å²) in [4.78, 5) is 50.7. The normalized spacial score (nSPS) is 22.2. The van der Waals surface area contributed by atoms with E-state index in [0.29, 0.717) is 10.7 Å². The number of hydrazone groups is 1. The van der Waals surface area contributed by atoms with Gasteiger partial charge in [0.05, 0.1) is 18.7 Å². The SMILES string of the molecule is CCOC(=O)C1=NN(C(C)=O)[C@@]2(CC(=O)N(c3ccc(Cl)cc3)C2=O)C1. The smallest absolute Gasteiger partial charge is 0.354 e. The largest absolute Gasteiger partial charge is 0.461 e. The highest BCUT2D eigenvalue weighted by Gasteiger charge is 2.61. The molecule has 0 N–H and O–H groups in total. The van der Waals surface area contributed by atoms with Gasteiger partial charge in [0.2, 0.25) is 11.8 Å². The maximum atomic E-state index is 13.1. The third-order valence-corrected chi connectivity index (χ3v) is 4.53. The van der Waals surface area contributed by atoms with Gasteiger partial charge in [-0.3, -0.25) is 14.4 Å². The highest BCUT2D eigenvalue weighted by molar-refractivity contribution is 6.39. The number of halogens is 1. The number of benzene rings is 1. The number of imide groups is 1. The lowest BCUT2D eigenvalue weighted by molar-refractivity contribution is -0.141. The molecule has 136 valence electrons. The summed E-state index contributed by atoms with van der Waals surface area (Å²) in [5, 5.41) is 5.36. The van der Waals surface area contributed by atoms with E-state index in [4.69, 9.17) is 16.3 Å². The molecule has 1 aromatic rings. The first kappa shape index (κ1) is 18.1. The summed E-state index contributed by atoms with van der Waals surface area (Å²) in [6.07, 6.45) is -0.430. The van der Waals surface area contributed by atoms with Gasteiger partial charge in [0.25, 0.3) is 5.91 Å². The standard InChI is InChI=1S/C17H16ClN3O5/c1-3-26-15(24)13-8-17(21(19-13)10(2)22)9-14(23)20(16(17)25)12-6-4-11(18)5-7-12/h4-7H,3,8-9H2,1-2H3/t17-/m1/s1. The summed E-state index contributed by atoms with van der Waals surface area (Å²) in [5.41, 5.74) is -1.25. The fraction of sp³-hybridized carbons (Fsp3) is 0.353. The van der Waals surface area contributed by atoms with Crippen LogP contribution in [0.15, 0.2) is 29.4 Å². The van der Waals surface area contributed by atoms with Crippen LogP contribution in [0.25, 0.3) is 0 Å². The Bertz CT molecular complexity index is 835. The third-order valence-electron chi connectivity index (χ3n) is 4.27. The Kier molecular flexibility index (Phi) is 4.53. The van der Waals surface area contributed by atoms with Gasteiger partial charge in [0.15, 0.2) is 5.54 Å². The van der Waals surface area contributed by atoms with Crippen molar-refractivity contribution in [1.29, 1.82) is 0 Å². The molecule has 1 atom stereocenters. The minimum atomic E-state index is -1.54. The van der Waals surface area contributed by atoms with Crippen LogP contribution in [0.1, 0.15) is 26.7 Å². The zero-order chi connectivity index (χ0) is 19.1. The van der Waals surface area contributed by atoms with Crippen LogP contribution in [0.4, 0.5) is 5.69 Å². The minimum Gasteiger partial charge on any atom is -0.461 e. The molecule has 1 spiro atoms. The summed E-state index contributed by atoms with van der Waals surface area (Å²) in [6, 6.07) is 6.19. The highest BCUT2D eigenvalue weighted by Crippen LogP contribution is 2.40. The first-order chi connectivity index (χ1) is 12.3. The molecule has 2 aliphatic heterocycles. The molecule has 0 radical (unpaired) electrons. The summed E-state index contributed by atoms with van der Waals surface area (Å²) in [6.45, 7) is 3.00. The van der Waals surface area contributed by atoms with Gasteiger partial charge in [-0.2, -0.15) is 5.10 Å². The Morgan fingerprint density at radius 1 is 1.23 bits per heavy atom. The van der Waals surface area contributed by atoms with Crippen molar-refractivity contribution in [2.75, 3.05) is 11.5 Å². The van der Waals surface area contributed by atoms with Crippen molar-refractivity contribution < 1.29 is 23.9 Å². The van der Waals surface area contributed by atoms with Gasteiger partial charge in [0.1, 0.15) is 5.71 Å². The number of nitrogens with zero attached hydrogens (tertiary/aromatic N) is 3. The van der Waals surface area contributed by atoms with Crippen molar-refractivity contribution in [3.63, 3.8) is 0 Å². The third kappa shape index (κ3) is 2.76. The van der Waals surface area contributed by atoms with Gasteiger partial charge in [0, 0.05) is 18.4 Å². The molecule has 0 bridgehead atoms. The van der Waals surface area contributed by atoms with Crippen molar-refractivity contribution >= 4 is 46.7 Å². The molecule has 1 fully saturated rings. The lowest BCUT2D eigenvalue weighted by Crippen LogP contribution is -2.51. The molecule has 0 aromatic heterocycles. The summed E-state index contributed by atoms with van der Waals surface area (Å²) < 4.78 is 4.91. The van der Waals surface area contributed by atoms with Gasteiger partial charge >= 0.3 is 5.97 Å². The molecule has 1 aromatic carbocycles. The number of anilines is 1. The van der Waals surface area contributed by atoms with Crippen molar-refractivity contribution in [3.8, 4) is 0 Å². The average molecular weight is 378 g/mol. The number of rotatable bonds is 3. The van der Waals surface area contributed by atoms with Crippen LogP contribution < -0.4 is 4.90 Å². The molecule has 1 saturated heterocycles. The maximum Gasteiger partial charge on any atom is 0.354 e. The number of amides is 3. The van der Waals surface area contributed by atoms with E-state index in [1.54, 1.807) is 19.1 Å². The van der Waals surface area contributed by atoms with Crippen LogP contribution in [0.5, 0.6) is 0 Å². The van der Waals surface area contributed by atoms with Crippen LogP contribution in [0.3, 0.4) is 0 Å². The minimum absolute atomic E-state index is 0.0545. The summed E-state index contributed by atoms with van der Waals surface area (Å²) >= 11 is 5.85. The maximum absolute atomic E-state index is 13.1. The first-order valence-corrected chi connectivity index (χ1v) is 8.36. The van der Waals surface area contributed by atoms with E-state index in [2.05, 4.69) is 5.10 Å². The molecule has 2 aliphatic rings. The number of hydrogen-bond donors (Lipinski definition) is 0. The predicted molar refractivity (Wildman–Crippen MR) is 92.5 cm³/mol. The zero-order valence-corrected chi connectivity index (χ0v) is 14.9. The zero-order valence-electron chi connectivity index (χ0n) is 14.2. The van der Waals surface area contributed by atoms with Crippen molar-refractivity contribution in [2.45, 2.75) is 32.2 Å². The van der Waals surface area contributed by atoms with E-state index in [0.717, 1.165) is 9.91 Å². The van der Waals surface area contributed by atoms with Crippen molar-refractivity contribution in [2.24, 2.45) is 5.10 Å². The predicted octanol–water partition coefficient (Wildman–Crippen LogP) is 1.51. The van der Waals surface area contributed by atoms with Crippen molar-refractivity contribution in [1.82, 2.24) is 5.01 Å². The fourth-order valence-electron chi connectivity index (χ4n) is 3.18. The molecule has 26 heavy (non-hydrogen) atoms. The second kappa shape index (κ2) is 6.53. The average Bonchev–Trinajstić information content (AvgIpc) is 3.08. The number of carbonyl (C=O) groups excluding carboxylic acids is 4. The topological polar surface area (TPSA) is 96.3 Å². The van der Waals surface area contributed by atoms with E-state index in [9.17, 15) is 19.2 Å². The Balaban J connectivity index is 1.98. The van der Waals surface area contributed by atoms with E-state index in [1.165, 1.54) is 19.1 Å². The van der Waals surface area contributed by atoms with Crippen LogP contribution in [0, 0.1) is 0 Å². The molecule has 8 nitrogen and oxygen atoms in total. The molecule has 0 saturated carbocycles. The Labute approximate surface area is 154 Å². The van der Waals surface area contributed by atoms with Crippen LogP contribution in [0.2, 0.25) is 5.02 Å². The quantitative estimate of drug-likeness (QED) is 0.587. The molecule has 0 unspecified atom stereocenters. The molecular weight excluding hydrogens is 362 g/mol. The molecule has 2 heterocycles. The monoisotopic (exact) mass is 377 g/mol.